The van der Waals surface area contributed by atoms with Gasteiger partial charge >= 0.3 is 0 Å². The molecule has 2 aromatic carbocycles. The molecule has 5 nitrogen and oxygen atoms in total. The molecule has 1 fully saturated rings. The van der Waals surface area contributed by atoms with Gasteiger partial charge in [-0.1, -0.05) is 35.9 Å². The first kappa shape index (κ1) is 20.8. The van der Waals surface area contributed by atoms with Crippen LogP contribution in [0, 0.1) is 5.82 Å². The lowest BCUT2D eigenvalue weighted by atomic mass is 10.2. The van der Waals surface area contributed by atoms with Gasteiger partial charge in [0.1, 0.15) is 17.3 Å². The van der Waals surface area contributed by atoms with Gasteiger partial charge in [-0.25, -0.2) is 4.39 Å². The maximum absolute atomic E-state index is 14.1. The number of furan rings is 1. The number of carbonyl (C=O) groups is 1. The molecular weight excluding hydrogens is 449 g/mol. The third-order valence-electron chi connectivity index (χ3n) is 5.39. The van der Waals surface area contributed by atoms with Gasteiger partial charge in [-0.2, -0.15) is 4.99 Å². The van der Waals surface area contributed by atoms with Gasteiger partial charge in [-0.05, 0) is 48.2 Å². The third kappa shape index (κ3) is 4.18. The quantitative estimate of drug-likeness (QED) is 0.474. The fraction of sp³-hybridized carbons (Fsp3) is 0.167. The standard InChI is InChI=1S/C24H19ClFN3O2S/c25-18-6-2-1-5-17(18)21-10-9-16(31-21)15-22-23(30)27-24(32-22)29-13-11-28(12-14-29)20-8-4-3-7-19(20)26/h1-10,15H,11-14H2/b22-15+. The van der Waals surface area contributed by atoms with E-state index in [1.165, 1.54) is 17.8 Å². The van der Waals surface area contributed by atoms with Crippen LogP contribution >= 0.6 is 23.4 Å². The smallest absolute Gasteiger partial charge is 0.286 e. The van der Waals surface area contributed by atoms with E-state index in [0.717, 1.165) is 5.56 Å². The molecule has 0 N–H and O–H groups in total. The first-order valence-corrected chi connectivity index (χ1v) is 11.4. The maximum atomic E-state index is 14.1. The molecule has 0 spiro atoms. The van der Waals surface area contributed by atoms with Crippen LogP contribution in [0.2, 0.25) is 5.02 Å². The zero-order valence-electron chi connectivity index (χ0n) is 17.0. The summed E-state index contributed by atoms with van der Waals surface area (Å²) in [5.74, 6) is 0.709. The van der Waals surface area contributed by atoms with Gasteiger partial charge in [0.05, 0.1) is 15.6 Å². The van der Waals surface area contributed by atoms with E-state index in [2.05, 4.69) is 9.89 Å². The van der Waals surface area contributed by atoms with Gasteiger partial charge in [-0.15, -0.1) is 0 Å². The van der Waals surface area contributed by atoms with Gasteiger partial charge in [0, 0.05) is 37.8 Å². The molecule has 0 atom stereocenters. The van der Waals surface area contributed by atoms with E-state index in [9.17, 15) is 9.18 Å². The zero-order valence-corrected chi connectivity index (χ0v) is 18.6. The number of piperazine rings is 1. The highest BCUT2D eigenvalue weighted by molar-refractivity contribution is 8.18. The van der Waals surface area contributed by atoms with E-state index in [1.54, 1.807) is 24.3 Å². The summed E-state index contributed by atoms with van der Waals surface area (Å²) >= 11 is 7.58. The average molecular weight is 468 g/mol. The van der Waals surface area contributed by atoms with Crippen molar-refractivity contribution in [1.29, 1.82) is 0 Å². The Morgan fingerprint density at radius 3 is 2.47 bits per heavy atom. The molecule has 3 aromatic rings. The number of rotatable bonds is 3. The van der Waals surface area contributed by atoms with Crippen molar-refractivity contribution in [2.45, 2.75) is 0 Å². The molecule has 0 saturated carbocycles. The van der Waals surface area contributed by atoms with E-state index in [0.29, 0.717) is 58.5 Å². The number of benzene rings is 2. The highest BCUT2D eigenvalue weighted by atomic mass is 35.5. The Labute approximate surface area is 194 Å². The predicted molar refractivity (Wildman–Crippen MR) is 127 cm³/mol. The van der Waals surface area contributed by atoms with Gasteiger partial charge in [-0.3, -0.25) is 4.79 Å². The Morgan fingerprint density at radius 2 is 1.69 bits per heavy atom. The molecular formula is C24H19ClFN3O2S. The predicted octanol–water partition coefficient (Wildman–Crippen LogP) is 5.53. The molecule has 2 aliphatic rings. The van der Waals surface area contributed by atoms with Crippen molar-refractivity contribution in [2.75, 3.05) is 31.1 Å². The maximum Gasteiger partial charge on any atom is 0.286 e. The number of carbonyl (C=O) groups excluding carboxylic acids is 1. The summed E-state index contributed by atoms with van der Waals surface area (Å²) in [7, 11) is 0. The lowest BCUT2D eigenvalue weighted by Crippen LogP contribution is -2.48. The minimum absolute atomic E-state index is 0.219. The van der Waals surface area contributed by atoms with Crippen LogP contribution in [-0.2, 0) is 4.79 Å². The number of amides is 1. The molecule has 8 heteroatoms. The lowest BCUT2D eigenvalue weighted by Gasteiger charge is -2.36. The molecule has 162 valence electrons. The molecule has 5 rings (SSSR count). The number of anilines is 1. The summed E-state index contributed by atoms with van der Waals surface area (Å²) in [5.41, 5.74) is 1.41. The number of para-hydroxylation sites is 1. The summed E-state index contributed by atoms with van der Waals surface area (Å²) in [6, 6.07) is 17.9. The van der Waals surface area contributed by atoms with Crippen LogP contribution in [-0.4, -0.2) is 42.2 Å². The Hall–Kier alpha value is -3.03. The van der Waals surface area contributed by atoms with Crippen LogP contribution in [0.4, 0.5) is 10.1 Å². The van der Waals surface area contributed by atoms with Crippen molar-refractivity contribution in [2.24, 2.45) is 4.99 Å². The summed E-state index contributed by atoms with van der Waals surface area (Å²) in [5, 5.41) is 1.28. The van der Waals surface area contributed by atoms with Crippen LogP contribution in [0.15, 0.2) is 75.0 Å². The Kier molecular flexibility index (Phi) is 5.76. The fourth-order valence-electron chi connectivity index (χ4n) is 3.75. The van der Waals surface area contributed by atoms with Crippen molar-refractivity contribution >= 4 is 46.2 Å². The molecule has 0 unspecified atom stereocenters. The third-order valence-corrected chi connectivity index (χ3v) is 6.77. The van der Waals surface area contributed by atoms with Crippen LogP contribution in [0.1, 0.15) is 5.76 Å². The number of hydrogen-bond donors (Lipinski definition) is 0. The largest absolute Gasteiger partial charge is 0.457 e. The Bertz CT molecular complexity index is 1230. The number of aliphatic imine (C=N–C) groups is 1. The Morgan fingerprint density at radius 1 is 0.969 bits per heavy atom. The molecule has 1 aromatic heterocycles. The topological polar surface area (TPSA) is 49.1 Å². The van der Waals surface area contributed by atoms with Crippen molar-refractivity contribution < 1.29 is 13.6 Å². The number of thioether (sulfide) groups is 1. The summed E-state index contributed by atoms with van der Waals surface area (Å²) in [4.78, 5) is 21.3. The SMILES string of the molecule is O=C1N=C(N2CCN(c3ccccc3F)CC2)S/C1=C/c1ccc(-c2ccccc2Cl)o1. The average Bonchev–Trinajstić information content (AvgIpc) is 3.42. The van der Waals surface area contributed by atoms with Gasteiger partial charge in [0.15, 0.2) is 5.17 Å². The monoisotopic (exact) mass is 467 g/mol. The van der Waals surface area contributed by atoms with E-state index >= 15 is 0 Å². The van der Waals surface area contributed by atoms with Crippen LogP contribution < -0.4 is 4.90 Å². The minimum Gasteiger partial charge on any atom is -0.457 e. The van der Waals surface area contributed by atoms with Crippen molar-refractivity contribution in [3.8, 4) is 11.3 Å². The van der Waals surface area contributed by atoms with E-state index < -0.39 is 0 Å². The van der Waals surface area contributed by atoms with Gasteiger partial charge < -0.3 is 14.2 Å². The van der Waals surface area contributed by atoms with Crippen molar-refractivity contribution in [1.82, 2.24) is 4.90 Å². The molecule has 1 saturated heterocycles. The normalized spacial score (nSPS) is 17.9. The van der Waals surface area contributed by atoms with Crippen LogP contribution in [0.3, 0.4) is 0 Å². The lowest BCUT2D eigenvalue weighted by molar-refractivity contribution is -0.113. The van der Waals surface area contributed by atoms with Crippen LogP contribution in [0.5, 0.6) is 0 Å². The van der Waals surface area contributed by atoms with E-state index in [4.69, 9.17) is 16.0 Å². The molecule has 0 radical (unpaired) electrons. The zero-order chi connectivity index (χ0) is 22.1. The van der Waals surface area contributed by atoms with E-state index in [1.807, 2.05) is 41.3 Å². The molecule has 3 heterocycles. The second-order valence-electron chi connectivity index (χ2n) is 7.42. The molecule has 0 aliphatic carbocycles. The second kappa shape index (κ2) is 8.84. The summed E-state index contributed by atoms with van der Waals surface area (Å²) < 4.78 is 19.9. The fourth-order valence-corrected chi connectivity index (χ4v) is 4.92. The molecule has 32 heavy (non-hydrogen) atoms. The first-order chi connectivity index (χ1) is 15.6. The number of halogens is 2. The highest BCUT2D eigenvalue weighted by Crippen LogP contribution is 2.34. The second-order valence-corrected chi connectivity index (χ2v) is 8.83. The van der Waals surface area contributed by atoms with Crippen molar-refractivity contribution in [3.63, 3.8) is 0 Å². The molecule has 0 bridgehead atoms. The highest BCUT2D eigenvalue weighted by Gasteiger charge is 2.29. The van der Waals surface area contributed by atoms with Crippen LogP contribution in [0.25, 0.3) is 17.4 Å². The summed E-state index contributed by atoms with van der Waals surface area (Å²) in [6.07, 6.45) is 1.71. The molecule has 1 amide bonds. The van der Waals surface area contributed by atoms with Crippen molar-refractivity contribution in [3.05, 3.63) is 82.2 Å². The van der Waals surface area contributed by atoms with Gasteiger partial charge in [0.25, 0.3) is 5.91 Å². The Balaban J connectivity index is 1.25. The first-order valence-electron chi connectivity index (χ1n) is 10.2. The summed E-state index contributed by atoms with van der Waals surface area (Å²) in [6.45, 7) is 2.65. The number of hydrogen-bond acceptors (Lipinski definition) is 5. The number of amidine groups is 1. The van der Waals surface area contributed by atoms with E-state index in [-0.39, 0.29) is 11.7 Å². The minimum atomic E-state index is -0.280. The molecule has 2 aliphatic heterocycles. The van der Waals surface area contributed by atoms with Gasteiger partial charge in [0.2, 0.25) is 0 Å². The number of nitrogens with zero attached hydrogens (tertiary/aromatic N) is 3.